The second-order valence-corrected chi connectivity index (χ2v) is 4.18. The molecular weight excluding hydrogens is 226 g/mol. The maximum absolute atomic E-state index is 11.8. The number of hydrogen-bond acceptors (Lipinski definition) is 5. The first-order valence-electron chi connectivity index (χ1n) is 4.58. The molecule has 2 rings (SSSR count). The maximum Gasteiger partial charge on any atom is 0.268 e. The van der Waals surface area contributed by atoms with Crippen LogP contribution in [-0.2, 0) is 7.05 Å². The van der Waals surface area contributed by atoms with Crippen LogP contribution in [0.3, 0.4) is 0 Å². The van der Waals surface area contributed by atoms with Crippen molar-refractivity contribution in [1.29, 1.82) is 0 Å². The summed E-state index contributed by atoms with van der Waals surface area (Å²) in [5.41, 5.74) is 8.58. The number of nitrogens with one attached hydrogen (secondary N) is 1. The zero-order chi connectivity index (χ0) is 11.7. The summed E-state index contributed by atoms with van der Waals surface area (Å²) >= 11 is 1.28. The molecule has 3 N–H and O–H groups in total. The third-order valence-electron chi connectivity index (χ3n) is 2.16. The van der Waals surface area contributed by atoms with Crippen LogP contribution in [0.25, 0.3) is 0 Å². The van der Waals surface area contributed by atoms with Crippen molar-refractivity contribution in [1.82, 2.24) is 14.8 Å². The molecule has 0 unspecified atom stereocenters. The Kier molecular flexibility index (Phi) is 2.61. The van der Waals surface area contributed by atoms with Gasteiger partial charge >= 0.3 is 0 Å². The Morgan fingerprint density at radius 3 is 2.88 bits per heavy atom. The molecule has 0 atom stereocenters. The van der Waals surface area contributed by atoms with Gasteiger partial charge < -0.3 is 11.1 Å². The van der Waals surface area contributed by atoms with Gasteiger partial charge in [-0.05, 0) is 6.92 Å². The van der Waals surface area contributed by atoms with E-state index in [0.717, 1.165) is 0 Å². The Labute approximate surface area is 96.1 Å². The lowest BCUT2D eigenvalue weighted by Crippen LogP contribution is -2.14. The number of hydrogen-bond donors (Lipinski definition) is 2. The van der Waals surface area contributed by atoms with Crippen LogP contribution in [0, 0.1) is 6.92 Å². The van der Waals surface area contributed by atoms with Crippen LogP contribution >= 0.6 is 11.3 Å². The molecule has 6 nitrogen and oxygen atoms in total. The van der Waals surface area contributed by atoms with Crippen LogP contribution in [0.15, 0.2) is 11.7 Å². The number of aromatic nitrogens is 3. The van der Waals surface area contributed by atoms with Gasteiger partial charge in [0.05, 0.1) is 23.1 Å². The predicted molar refractivity (Wildman–Crippen MR) is 62.4 cm³/mol. The lowest BCUT2D eigenvalue weighted by Gasteiger charge is -2.04. The zero-order valence-electron chi connectivity index (χ0n) is 8.89. The average Bonchev–Trinajstić information content (AvgIpc) is 2.83. The van der Waals surface area contributed by atoms with Crippen LogP contribution in [0.1, 0.15) is 15.4 Å². The molecule has 0 radical (unpaired) electrons. The topological polar surface area (TPSA) is 85.8 Å². The smallest absolute Gasteiger partial charge is 0.268 e. The minimum absolute atomic E-state index is 0.225. The minimum Gasteiger partial charge on any atom is -0.394 e. The van der Waals surface area contributed by atoms with Gasteiger partial charge in [0.2, 0.25) is 0 Å². The van der Waals surface area contributed by atoms with E-state index in [4.69, 9.17) is 5.73 Å². The number of aryl methyl sites for hydroxylation is 2. The number of amides is 1. The van der Waals surface area contributed by atoms with Crippen molar-refractivity contribution >= 4 is 28.7 Å². The molecular formula is C9H11N5OS. The molecule has 0 aromatic carbocycles. The molecule has 0 fully saturated rings. The van der Waals surface area contributed by atoms with Gasteiger partial charge in [0.15, 0.2) is 5.82 Å². The van der Waals surface area contributed by atoms with E-state index in [-0.39, 0.29) is 5.91 Å². The summed E-state index contributed by atoms with van der Waals surface area (Å²) < 4.78 is 1.55. The third kappa shape index (κ3) is 1.76. The fraction of sp³-hybridized carbons (Fsp3) is 0.222. The molecule has 0 spiro atoms. The highest BCUT2D eigenvalue weighted by Gasteiger charge is 2.14. The van der Waals surface area contributed by atoms with E-state index in [1.807, 2.05) is 0 Å². The number of thiazole rings is 1. The number of rotatable bonds is 2. The van der Waals surface area contributed by atoms with E-state index in [2.05, 4.69) is 15.4 Å². The second kappa shape index (κ2) is 3.93. The van der Waals surface area contributed by atoms with Crippen LogP contribution < -0.4 is 11.1 Å². The first kappa shape index (κ1) is 10.6. The summed E-state index contributed by atoms with van der Waals surface area (Å²) in [6.45, 7) is 1.79. The molecule has 0 saturated carbocycles. The summed E-state index contributed by atoms with van der Waals surface area (Å²) in [5, 5.41) is 6.82. The predicted octanol–water partition coefficient (Wildman–Crippen LogP) is 1.02. The molecule has 16 heavy (non-hydrogen) atoms. The summed E-state index contributed by atoms with van der Waals surface area (Å²) in [6.07, 6.45) is 1.51. The van der Waals surface area contributed by atoms with Crippen LogP contribution in [0.5, 0.6) is 0 Å². The highest BCUT2D eigenvalue weighted by molar-refractivity contribution is 7.11. The molecule has 0 saturated heterocycles. The second-order valence-electron chi connectivity index (χ2n) is 3.29. The Balaban J connectivity index is 2.25. The first-order valence-corrected chi connectivity index (χ1v) is 5.46. The largest absolute Gasteiger partial charge is 0.394 e. The Bertz CT molecular complexity index is 516. The van der Waals surface area contributed by atoms with Crippen molar-refractivity contribution in [2.45, 2.75) is 6.92 Å². The minimum atomic E-state index is -0.225. The molecule has 0 aliphatic carbocycles. The average molecular weight is 237 g/mol. The van der Waals surface area contributed by atoms with E-state index < -0.39 is 0 Å². The number of anilines is 2. The molecule has 0 aliphatic rings. The monoisotopic (exact) mass is 237 g/mol. The van der Waals surface area contributed by atoms with Gasteiger partial charge in [-0.1, -0.05) is 0 Å². The van der Waals surface area contributed by atoms with Gasteiger partial charge in [-0.3, -0.25) is 14.5 Å². The lowest BCUT2D eigenvalue weighted by atomic mass is 10.4. The summed E-state index contributed by atoms with van der Waals surface area (Å²) in [6, 6.07) is 0. The summed E-state index contributed by atoms with van der Waals surface area (Å²) in [5.74, 6) is 0.285. The summed E-state index contributed by atoms with van der Waals surface area (Å²) in [4.78, 5) is 16.1. The van der Waals surface area contributed by atoms with Gasteiger partial charge in [-0.2, -0.15) is 5.10 Å². The normalized spacial score (nSPS) is 10.4. The molecule has 7 heteroatoms. The van der Waals surface area contributed by atoms with E-state index in [1.165, 1.54) is 17.5 Å². The Morgan fingerprint density at radius 2 is 2.38 bits per heavy atom. The number of nitrogens with two attached hydrogens (primary N) is 1. The third-order valence-corrected chi connectivity index (χ3v) is 2.93. The van der Waals surface area contributed by atoms with Crippen LogP contribution in [-0.4, -0.2) is 20.7 Å². The van der Waals surface area contributed by atoms with Gasteiger partial charge in [0.1, 0.15) is 4.88 Å². The van der Waals surface area contributed by atoms with Crippen molar-refractivity contribution in [3.8, 4) is 0 Å². The lowest BCUT2D eigenvalue weighted by molar-refractivity contribution is 0.102. The first-order chi connectivity index (χ1) is 7.59. The van der Waals surface area contributed by atoms with Gasteiger partial charge in [0.25, 0.3) is 5.91 Å². The molecule has 2 aromatic rings. The Morgan fingerprint density at radius 1 is 1.62 bits per heavy atom. The summed E-state index contributed by atoms with van der Waals surface area (Å²) in [7, 11) is 1.73. The molecule has 2 heterocycles. The van der Waals surface area contributed by atoms with Crippen molar-refractivity contribution in [3.63, 3.8) is 0 Å². The fourth-order valence-electron chi connectivity index (χ4n) is 1.32. The van der Waals surface area contributed by atoms with Crippen LogP contribution in [0.4, 0.5) is 11.5 Å². The maximum atomic E-state index is 11.8. The Hall–Kier alpha value is -1.89. The highest BCUT2D eigenvalue weighted by atomic mass is 32.1. The molecule has 1 amide bonds. The standard InChI is InChI=1S/C9H11N5OS/c1-5-7(10)8(14(2)13-5)12-9(15)6-3-11-4-16-6/h3-4H,10H2,1-2H3,(H,12,15). The van der Waals surface area contributed by atoms with Crippen LogP contribution in [0.2, 0.25) is 0 Å². The number of carbonyl (C=O) groups excluding carboxylic acids is 1. The van der Waals surface area contributed by atoms with Gasteiger partial charge in [-0.25, -0.2) is 0 Å². The SMILES string of the molecule is Cc1nn(C)c(NC(=O)c2cncs2)c1N. The van der Waals surface area contributed by atoms with E-state index in [1.54, 1.807) is 24.2 Å². The number of nitrogen functional groups attached to an aromatic ring is 1. The molecule has 84 valence electrons. The molecule has 0 aliphatic heterocycles. The van der Waals surface area contributed by atoms with E-state index in [0.29, 0.717) is 22.1 Å². The van der Waals surface area contributed by atoms with E-state index in [9.17, 15) is 4.79 Å². The van der Waals surface area contributed by atoms with Crippen molar-refractivity contribution in [3.05, 3.63) is 22.3 Å². The quantitative estimate of drug-likeness (QED) is 0.816. The van der Waals surface area contributed by atoms with Crippen molar-refractivity contribution < 1.29 is 4.79 Å². The number of nitrogens with zero attached hydrogens (tertiary/aromatic N) is 3. The fourth-order valence-corrected chi connectivity index (χ4v) is 1.83. The van der Waals surface area contributed by atoms with Gasteiger partial charge in [0, 0.05) is 7.05 Å². The van der Waals surface area contributed by atoms with Crippen molar-refractivity contribution in [2.75, 3.05) is 11.1 Å². The zero-order valence-corrected chi connectivity index (χ0v) is 9.71. The highest BCUT2D eigenvalue weighted by Crippen LogP contribution is 2.21. The van der Waals surface area contributed by atoms with E-state index >= 15 is 0 Å². The molecule has 2 aromatic heterocycles. The van der Waals surface area contributed by atoms with Gasteiger partial charge in [-0.15, -0.1) is 11.3 Å². The number of carbonyl (C=O) groups is 1. The molecule has 0 bridgehead atoms. The van der Waals surface area contributed by atoms with Crippen molar-refractivity contribution in [2.24, 2.45) is 7.05 Å².